The van der Waals surface area contributed by atoms with Crippen LogP contribution in [0.15, 0.2) is 12.3 Å². The summed E-state index contributed by atoms with van der Waals surface area (Å²) in [5.41, 5.74) is -1.38. The van der Waals surface area contributed by atoms with Gasteiger partial charge >= 0.3 is 6.18 Å². The molecule has 0 aliphatic rings. The van der Waals surface area contributed by atoms with Crippen LogP contribution in [0.25, 0.3) is 0 Å². The van der Waals surface area contributed by atoms with Crippen LogP contribution < -0.4 is 0 Å². The second-order valence-corrected chi connectivity index (χ2v) is 3.69. The summed E-state index contributed by atoms with van der Waals surface area (Å²) in [5, 5.41) is 26.7. The Morgan fingerprint density at radius 3 is 2.35 bits per heavy atom. The number of alkyl halides is 3. The van der Waals surface area contributed by atoms with Crippen molar-refractivity contribution in [1.29, 1.82) is 0 Å². The SMILES string of the molecule is OCC(O)C(O)c1ncc(C(F)(F)F)cc1Cl. The van der Waals surface area contributed by atoms with Crippen LogP contribution in [-0.2, 0) is 6.18 Å². The molecule has 0 aromatic carbocycles. The van der Waals surface area contributed by atoms with Gasteiger partial charge < -0.3 is 15.3 Å². The first-order valence-electron chi connectivity index (χ1n) is 4.47. The lowest BCUT2D eigenvalue weighted by Crippen LogP contribution is -2.23. The molecule has 0 spiro atoms. The van der Waals surface area contributed by atoms with Crippen LogP contribution in [0.1, 0.15) is 17.4 Å². The predicted octanol–water partition coefficient (Wildman–Crippen LogP) is 1.14. The largest absolute Gasteiger partial charge is 0.417 e. The molecule has 0 fully saturated rings. The Morgan fingerprint density at radius 1 is 1.35 bits per heavy atom. The maximum Gasteiger partial charge on any atom is 0.417 e. The fourth-order valence-corrected chi connectivity index (χ4v) is 1.38. The Morgan fingerprint density at radius 2 is 1.94 bits per heavy atom. The Kier molecular flexibility index (Phi) is 4.31. The number of aliphatic hydroxyl groups is 3. The van der Waals surface area contributed by atoms with Gasteiger partial charge in [0, 0.05) is 6.20 Å². The lowest BCUT2D eigenvalue weighted by molar-refractivity contribution is -0.137. The molecule has 17 heavy (non-hydrogen) atoms. The molecule has 0 saturated carbocycles. The second kappa shape index (κ2) is 5.18. The van der Waals surface area contributed by atoms with Crippen LogP contribution >= 0.6 is 11.6 Å². The molecule has 0 bridgehead atoms. The lowest BCUT2D eigenvalue weighted by atomic mass is 10.1. The Bertz CT molecular complexity index is 400. The second-order valence-electron chi connectivity index (χ2n) is 3.28. The number of hydrogen-bond donors (Lipinski definition) is 3. The van der Waals surface area contributed by atoms with E-state index in [-0.39, 0.29) is 5.69 Å². The van der Waals surface area contributed by atoms with Gasteiger partial charge in [0.05, 0.1) is 22.9 Å². The molecule has 0 aliphatic carbocycles. The maximum absolute atomic E-state index is 12.3. The summed E-state index contributed by atoms with van der Waals surface area (Å²) in [4.78, 5) is 3.34. The highest BCUT2D eigenvalue weighted by molar-refractivity contribution is 6.31. The van der Waals surface area contributed by atoms with Gasteiger partial charge in [0.25, 0.3) is 0 Å². The fraction of sp³-hybridized carbons (Fsp3) is 0.444. The fourth-order valence-electron chi connectivity index (χ4n) is 1.10. The van der Waals surface area contributed by atoms with Crippen LogP contribution in [0.4, 0.5) is 13.2 Å². The van der Waals surface area contributed by atoms with Crippen molar-refractivity contribution in [3.63, 3.8) is 0 Å². The van der Waals surface area contributed by atoms with Crippen molar-refractivity contribution in [2.75, 3.05) is 6.61 Å². The van der Waals surface area contributed by atoms with Crippen LogP contribution in [0.5, 0.6) is 0 Å². The van der Waals surface area contributed by atoms with Crippen molar-refractivity contribution in [2.45, 2.75) is 18.4 Å². The van der Waals surface area contributed by atoms with E-state index in [1.54, 1.807) is 0 Å². The summed E-state index contributed by atoms with van der Waals surface area (Å²) in [6, 6.07) is 0.594. The zero-order valence-corrected chi connectivity index (χ0v) is 9.07. The first-order chi connectivity index (χ1) is 7.77. The molecule has 96 valence electrons. The minimum atomic E-state index is -4.59. The van der Waals surface area contributed by atoms with Crippen LogP contribution in [0.2, 0.25) is 5.02 Å². The molecule has 1 rings (SSSR count). The Hall–Kier alpha value is -0.890. The molecule has 0 amide bonds. The van der Waals surface area contributed by atoms with Crippen molar-refractivity contribution >= 4 is 11.6 Å². The third-order valence-corrected chi connectivity index (χ3v) is 2.33. The van der Waals surface area contributed by atoms with Gasteiger partial charge in [0.1, 0.15) is 12.2 Å². The monoisotopic (exact) mass is 271 g/mol. The van der Waals surface area contributed by atoms with Gasteiger partial charge in [-0.25, -0.2) is 0 Å². The third kappa shape index (κ3) is 3.29. The van der Waals surface area contributed by atoms with Crippen LogP contribution in [0.3, 0.4) is 0 Å². The van der Waals surface area contributed by atoms with Gasteiger partial charge in [-0.15, -0.1) is 0 Å². The number of aliphatic hydroxyl groups excluding tert-OH is 3. The first kappa shape index (κ1) is 14.2. The molecule has 2 unspecified atom stereocenters. The number of halogens is 4. The first-order valence-corrected chi connectivity index (χ1v) is 4.84. The van der Waals surface area contributed by atoms with E-state index in [2.05, 4.69) is 4.98 Å². The molecule has 8 heteroatoms. The number of pyridine rings is 1. The van der Waals surface area contributed by atoms with Gasteiger partial charge in [-0.05, 0) is 6.07 Å². The van der Waals surface area contributed by atoms with E-state index in [1.165, 1.54) is 0 Å². The topological polar surface area (TPSA) is 73.6 Å². The summed E-state index contributed by atoms with van der Waals surface area (Å²) in [7, 11) is 0. The smallest absolute Gasteiger partial charge is 0.394 e. The molecule has 4 nitrogen and oxygen atoms in total. The molecule has 1 heterocycles. The van der Waals surface area contributed by atoms with E-state index in [9.17, 15) is 18.3 Å². The average molecular weight is 272 g/mol. The predicted molar refractivity (Wildman–Crippen MR) is 52.3 cm³/mol. The van der Waals surface area contributed by atoms with Crippen molar-refractivity contribution in [2.24, 2.45) is 0 Å². The highest BCUT2D eigenvalue weighted by Gasteiger charge is 2.32. The summed E-state index contributed by atoms with van der Waals surface area (Å²) in [5.74, 6) is 0. The number of nitrogens with zero attached hydrogens (tertiary/aromatic N) is 1. The molecule has 1 aromatic heterocycles. The minimum Gasteiger partial charge on any atom is -0.394 e. The van der Waals surface area contributed by atoms with E-state index in [0.29, 0.717) is 12.3 Å². The zero-order chi connectivity index (χ0) is 13.2. The standard InChI is InChI=1S/C9H9ClF3NO3/c10-5-1-4(9(11,12)13)2-14-7(5)8(17)6(16)3-15/h1-2,6,8,15-17H,3H2. The molecule has 2 atom stereocenters. The molecular formula is C9H9ClF3NO3. The van der Waals surface area contributed by atoms with Gasteiger partial charge in [-0.2, -0.15) is 13.2 Å². The van der Waals surface area contributed by atoms with Gasteiger partial charge in [0.2, 0.25) is 0 Å². The Balaban J connectivity index is 3.06. The summed E-state index contributed by atoms with van der Waals surface area (Å²) in [6.45, 7) is -0.764. The van der Waals surface area contributed by atoms with Crippen molar-refractivity contribution in [1.82, 2.24) is 4.98 Å². The van der Waals surface area contributed by atoms with E-state index in [1.807, 2.05) is 0 Å². The lowest BCUT2D eigenvalue weighted by Gasteiger charge is -2.17. The Labute approximate surface area is 99.3 Å². The van der Waals surface area contributed by atoms with Crippen molar-refractivity contribution < 1.29 is 28.5 Å². The molecule has 3 N–H and O–H groups in total. The van der Waals surface area contributed by atoms with Gasteiger partial charge in [0.15, 0.2) is 0 Å². The third-order valence-electron chi connectivity index (χ3n) is 2.03. The minimum absolute atomic E-state index is 0.318. The van der Waals surface area contributed by atoms with Crippen molar-refractivity contribution in [3.05, 3.63) is 28.5 Å². The van der Waals surface area contributed by atoms with Gasteiger partial charge in [-0.3, -0.25) is 4.98 Å². The summed E-state index contributed by atoms with van der Waals surface area (Å²) >= 11 is 5.52. The zero-order valence-electron chi connectivity index (χ0n) is 8.32. The van der Waals surface area contributed by atoms with E-state index in [4.69, 9.17) is 21.8 Å². The number of rotatable bonds is 3. The van der Waals surface area contributed by atoms with Crippen molar-refractivity contribution in [3.8, 4) is 0 Å². The summed E-state index contributed by atoms with van der Waals surface area (Å²) in [6.07, 6.45) is -7.30. The quantitative estimate of drug-likeness (QED) is 0.771. The molecule has 0 saturated heterocycles. The van der Waals surface area contributed by atoms with E-state index in [0.717, 1.165) is 0 Å². The number of hydrogen-bond acceptors (Lipinski definition) is 4. The highest BCUT2D eigenvalue weighted by Crippen LogP contribution is 2.32. The summed E-state index contributed by atoms with van der Waals surface area (Å²) < 4.78 is 36.8. The normalized spacial score (nSPS) is 15.7. The highest BCUT2D eigenvalue weighted by atomic mass is 35.5. The number of aromatic nitrogens is 1. The average Bonchev–Trinajstić information content (AvgIpc) is 2.25. The van der Waals surface area contributed by atoms with E-state index < -0.39 is 35.6 Å². The molecule has 1 aromatic rings. The van der Waals surface area contributed by atoms with E-state index >= 15 is 0 Å². The molecule has 0 radical (unpaired) electrons. The molecule has 0 aliphatic heterocycles. The van der Waals surface area contributed by atoms with Crippen LogP contribution in [-0.4, -0.2) is 33.0 Å². The maximum atomic E-state index is 12.3. The van der Waals surface area contributed by atoms with Gasteiger partial charge in [-0.1, -0.05) is 11.6 Å². The van der Waals surface area contributed by atoms with Crippen LogP contribution in [0, 0.1) is 0 Å². The molecular weight excluding hydrogens is 263 g/mol.